The Kier molecular flexibility index (Phi) is 6.04. The van der Waals surface area contributed by atoms with Crippen LogP contribution in [0.15, 0.2) is 4.52 Å². The van der Waals surface area contributed by atoms with Gasteiger partial charge in [-0.1, -0.05) is 18.0 Å². The van der Waals surface area contributed by atoms with Gasteiger partial charge in [0.05, 0.1) is 6.54 Å². The van der Waals surface area contributed by atoms with E-state index in [2.05, 4.69) is 10.1 Å². The van der Waals surface area contributed by atoms with Gasteiger partial charge in [0.2, 0.25) is 17.7 Å². The van der Waals surface area contributed by atoms with Crippen LogP contribution in [0.25, 0.3) is 0 Å². The first kappa shape index (κ1) is 21.1. The Balaban J connectivity index is 1.35. The van der Waals surface area contributed by atoms with Crippen LogP contribution in [0.3, 0.4) is 0 Å². The molecule has 1 aromatic heterocycles. The quantitative estimate of drug-likeness (QED) is 0.750. The fraction of sp³-hybridized carbons (Fsp3) is 0.800. The summed E-state index contributed by atoms with van der Waals surface area (Å²) in [5.41, 5.74) is 6.06. The number of alkyl halides is 2. The number of likely N-dealkylation sites (tertiary alicyclic amines) is 2. The molecule has 2 aliphatic heterocycles. The predicted molar refractivity (Wildman–Crippen MR) is 103 cm³/mol. The maximum Gasteiger partial charge on any atom is 0.265 e. The van der Waals surface area contributed by atoms with E-state index in [1.807, 2.05) is 0 Å². The lowest BCUT2D eigenvalue weighted by Gasteiger charge is -2.34. The molecule has 10 heteroatoms. The molecule has 4 rings (SSSR count). The van der Waals surface area contributed by atoms with Crippen molar-refractivity contribution in [1.29, 1.82) is 0 Å². The van der Waals surface area contributed by atoms with Crippen molar-refractivity contribution in [3.05, 3.63) is 11.7 Å². The number of carbonyl (C=O) groups is 2. The standard InChI is InChI=1S/C20H29F2N5O3/c21-20(22)8-7-16(28)26(12-20)11-14(23)10-17(29)27-9-3-6-15(27)19-24-18(25-30-19)13-4-1-2-5-13/h13-15H,1-12,23H2/t14-,15-/m0/s1. The van der Waals surface area contributed by atoms with Crippen molar-refractivity contribution >= 4 is 11.8 Å². The van der Waals surface area contributed by atoms with Crippen molar-refractivity contribution in [1.82, 2.24) is 19.9 Å². The first-order chi connectivity index (χ1) is 14.3. The van der Waals surface area contributed by atoms with Gasteiger partial charge in [-0.25, -0.2) is 8.78 Å². The maximum absolute atomic E-state index is 13.6. The number of aromatic nitrogens is 2. The number of rotatable bonds is 6. The van der Waals surface area contributed by atoms with E-state index in [0.717, 1.165) is 36.4 Å². The van der Waals surface area contributed by atoms with E-state index in [9.17, 15) is 18.4 Å². The summed E-state index contributed by atoms with van der Waals surface area (Å²) < 4.78 is 32.7. The van der Waals surface area contributed by atoms with Crippen LogP contribution >= 0.6 is 0 Å². The summed E-state index contributed by atoms with van der Waals surface area (Å²) in [5.74, 6) is -1.89. The molecule has 3 heterocycles. The molecule has 1 aromatic rings. The third-order valence-electron chi connectivity index (χ3n) is 6.41. The normalized spacial score (nSPS) is 25.8. The van der Waals surface area contributed by atoms with E-state index in [0.29, 0.717) is 18.4 Å². The Morgan fingerprint density at radius 1 is 1.27 bits per heavy atom. The van der Waals surface area contributed by atoms with Crippen molar-refractivity contribution in [3.63, 3.8) is 0 Å². The van der Waals surface area contributed by atoms with Crippen molar-refractivity contribution in [2.45, 2.75) is 81.7 Å². The SMILES string of the molecule is N[C@@H](CC(=O)N1CCC[C@H]1c1nc(C2CCCC2)no1)CN1CC(F)(F)CCC1=O. The van der Waals surface area contributed by atoms with Crippen LogP contribution in [0.1, 0.15) is 81.5 Å². The van der Waals surface area contributed by atoms with Gasteiger partial charge in [0.15, 0.2) is 5.82 Å². The highest BCUT2D eigenvalue weighted by Crippen LogP contribution is 2.36. The minimum Gasteiger partial charge on any atom is -0.337 e. The largest absolute Gasteiger partial charge is 0.337 e. The summed E-state index contributed by atoms with van der Waals surface area (Å²) >= 11 is 0. The van der Waals surface area contributed by atoms with Gasteiger partial charge in [-0.15, -0.1) is 0 Å². The Morgan fingerprint density at radius 3 is 2.80 bits per heavy atom. The summed E-state index contributed by atoms with van der Waals surface area (Å²) in [6.45, 7) is -0.116. The van der Waals surface area contributed by atoms with Crippen molar-refractivity contribution < 1.29 is 22.9 Å². The number of nitrogens with zero attached hydrogens (tertiary/aromatic N) is 4. The Bertz CT molecular complexity index is 780. The van der Waals surface area contributed by atoms with Crippen LogP contribution in [-0.4, -0.2) is 63.4 Å². The molecule has 1 saturated carbocycles. The van der Waals surface area contributed by atoms with Gasteiger partial charge in [0, 0.05) is 44.3 Å². The van der Waals surface area contributed by atoms with Crippen molar-refractivity contribution in [3.8, 4) is 0 Å². The van der Waals surface area contributed by atoms with Crippen LogP contribution in [-0.2, 0) is 9.59 Å². The molecule has 0 bridgehead atoms. The topological polar surface area (TPSA) is 106 Å². The average Bonchev–Trinajstić information content (AvgIpc) is 3.44. The molecule has 2 N–H and O–H groups in total. The molecule has 1 aliphatic carbocycles. The molecule has 0 unspecified atom stereocenters. The molecule has 2 amide bonds. The minimum atomic E-state index is -2.90. The molecule has 3 fully saturated rings. The molecule has 166 valence electrons. The molecular weight excluding hydrogens is 396 g/mol. The molecular formula is C20H29F2N5O3. The summed E-state index contributed by atoms with van der Waals surface area (Å²) in [4.78, 5) is 32.1. The van der Waals surface area contributed by atoms with Gasteiger partial charge in [-0.05, 0) is 25.7 Å². The second-order valence-corrected chi connectivity index (χ2v) is 8.81. The molecule has 30 heavy (non-hydrogen) atoms. The minimum absolute atomic E-state index is 0.0184. The summed E-state index contributed by atoms with van der Waals surface area (Å²) in [7, 11) is 0. The molecule has 2 saturated heterocycles. The molecule has 2 atom stereocenters. The van der Waals surface area contributed by atoms with Crippen LogP contribution < -0.4 is 5.73 Å². The van der Waals surface area contributed by atoms with Gasteiger partial charge in [0.25, 0.3) is 5.92 Å². The fourth-order valence-corrected chi connectivity index (χ4v) is 4.80. The number of hydrogen-bond donors (Lipinski definition) is 1. The number of halogens is 2. The van der Waals surface area contributed by atoms with Gasteiger partial charge < -0.3 is 20.1 Å². The molecule has 3 aliphatic rings. The van der Waals surface area contributed by atoms with Crippen LogP contribution in [0.4, 0.5) is 8.78 Å². The van der Waals surface area contributed by atoms with Crippen LogP contribution in [0, 0.1) is 0 Å². The molecule has 0 radical (unpaired) electrons. The Hall–Kier alpha value is -2.10. The summed E-state index contributed by atoms with van der Waals surface area (Å²) in [5, 5.41) is 4.13. The highest BCUT2D eigenvalue weighted by Gasteiger charge is 2.40. The lowest BCUT2D eigenvalue weighted by Crippen LogP contribution is -2.51. The van der Waals surface area contributed by atoms with E-state index >= 15 is 0 Å². The zero-order valence-electron chi connectivity index (χ0n) is 17.1. The van der Waals surface area contributed by atoms with Crippen molar-refractivity contribution in [2.75, 3.05) is 19.6 Å². The smallest absolute Gasteiger partial charge is 0.265 e. The van der Waals surface area contributed by atoms with E-state index < -0.39 is 24.9 Å². The van der Waals surface area contributed by atoms with Gasteiger partial charge >= 0.3 is 0 Å². The lowest BCUT2D eigenvalue weighted by atomic mass is 10.0. The second kappa shape index (κ2) is 8.56. The number of amides is 2. The fourth-order valence-electron chi connectivity index (χ4n) is 4.80. The van der Waals surface area contributed by atoms with E-state index in [-0.39, 0.29) is 37.2 Å². The summed E-state index contributed by atoms with van der Waals surface area (Å²) in [6.07, 6.45) is 5.40. The van der Waals surface area contributed by atoms with Gasteiger partial charge in [-0.2, -0.15) is 4.98 Å². The molecule has 0 aromatic carbocycles. The second-order valence-electron chi connectivity index (χ2n) is 8.81. The Morgan fingerprint density at radius 2 is 2.03 bits per heavy atom. The van der Waals surface area contributed by atoms with E-state index in [4.69, 9.17) is 10.3 Å². The predicted octanol–water partition coefficient (Wildman–Crippen LogP) is 2.37. The van der Waals surface area contributed by atoms with E-state index in [1.54, 1.807) is 4.90 Å². The van der Waals surface area contributed by atoms with Crippen molar-refractivity contribution in [2.24, 2.45) is 5.73 Å². The monoisotopic (exact) mass is 425 g/mol. The van der Waals surface area contributed by atoms with Crippen LogP contribution in [0.5, 0.6) is 0 Å². The highest BCUT2D eigenvalue weighted by molar-refractivity contribution is 5.79. The number of piperidine rings is 1. The maximum atomic E-state index is 13.6. The lowest BCUT2D eigenvalue weighted by molar-refractivity contribution is -0.148. The molecule has 0 spiro atoms. The van der Waals surface area contributed by atoms with Gasteiger partial charge in [0.1, 0.15) is 6.04 Å². The number of nitrogens with two attached hydrogens (primary N) is 1. The third-order valence-corrected chi connectivity index (χ3v) is 6.41. The highest BCUT2D eigenvalue weighted by atomic mass is 19.3. The Labute approximate surface area is 174 Å². The third kappa shape index (κ3) is 4.63. The van der Waals surface area contributed by atoms with Gasteiger partial charge in [-0.3, -0.25) is 9.59 Å². The average molecular weight is 425 g/mol. The first-order valence-electron chi connectivity index (χ1n) is 10.9. The first-order valence-corrected chi connectivity index (χ1v) is 10.9. The number of hydrogen-bond acceptors (Lipinski definition) is 6. The number of carbonyl (C=O) groups excluding carboxylic acids is 2. The van der Waals surface area contributed by atoms with E-state index in [1.165, 1.54) is 12.8 Å². The zero-order chi connectivity index (χ0) is 21.3. The summed E-state index contributed by atoms with van der Waals surface area (Å²) in [6, 6.07) is -0.971. The zero-order valence-corrected chi connectivity index (χ0v) is 17.1. The molecule has 8 nitrogen and oxygen atoms in total. The van der Waals surface area contributed by atoms with Crippen LogP contribution in [0.2, 0.25) is 0 Å².